The second kappa shape index (κ2) is 9.05. The third-order valence-electron chi connectivity index (χ3n) is 5.46. The number of ketones is 1. The van der Waals surface area contributed by atoms with Gasteiger partial charge in [-0.25, -0.2) is 9.37 Å². The number of rotatable bonds is 7. The molecule has 1 unspecified atom stereocenters. The van der Waals surface area contributed by atoms with Crippen LogP contribution in [-0.4, -0.2) is 44.9 Å². The van der Waals surface area contributed by atoms with Crippen molar-refractivity contribution in [3.63, 3.8) is 0 Å². The summed E-state index contributed by atoms with van der Waals surface area (Å²) in [4.78, 5) is 31.4. The number of imidazole rings is 1. The van der Waals surface area contributed by atoms with Crippen LogP contribution >= 0.6 is 0 Å². The molecule has 2 heterocycles. The number of Topliss-reactive ketones (excluding diaryl/α,β-unsaturated/α-hetero) is 1. The molecule has 1 atom stereocenters. The lowest BCUT2D eigenvalue weighted by Crippen LogP contribution is -2.31. The van der Waals surface area contributed by atoms with Gasteiger partial charge in [0.15, 0.2) is 0 Å². The molecule has 8 heteroatoms. The van der Waals surface area contributed by atoms with Crippen molar-refractivity contribution < 1.29 is 23.8 Å². The third kappa shape index (κ3) is 4.12. The fourth-order valence-electron chi connectivity index (χ4n) is 3.85. The van der Waals surface area contributed by atoms with Gasteiger partial charge in [0.2, 0.25) is 0 Å². The minimum atomic E-state index is -0.770. The number of methoxy groups -OCH3 is 1. The molecule has 2 aromatic carbocycles. The van der Waals surface area contributed by atoms with Gasteiger partial charge < -0.3 is 19.3 Å². The highest BCUT2D eigenvalue weighted by Gasteiger charge is 2.45. The lowest BCUT2D eigenvalue weighted by atomic mass is 9.95. The summed E-state index contributed by atoms with van der Waals surface area (Å²) in [6.07, 6.45) is 5.77. The van der Waals surface area contributed by atoms with E-state index >= 15 is 0 Å². The molecule has 1 aromatic heterocycles. The molecule has 7 nitrogen and oxygen atoms in total. The number of nitrogens with zero attached hydrogens (tertiary/aromatic N) is 3. The molecule has 4 rings (SSSR count). The van der Waals surface area contributed by atoms with E-state index in [1.54, 1.807) is 43.9 Å². The van der Waals surface area contributed by atoms with Crippen molar-refractivity contribution in [3.8, 4) is 5.75 Å². The number of carbonyl (C=O) groups excluding carboxylic acids is 2. The summed E-state index contributed by atoms with van der Waals surface area (Å²) in [5.41, 5.74) is 0.909. The van der Waals surface area contributed by atoms with Crippen LogP contribution in [-0.2, 0) is 16.1 Å². The second-order valence-electron chi connectivity index (χ2n) is 7.43. The van der Waals surface area contributed by atoms with Crippen molar-refractivity contribution in [3.05, 3.63) is 89.8 Å². The molecule has 1 aliphatic rings. The molecule has 0 aliphatic carbocycles. The second-order valence-corrected chi connectivity index (χ2v) is 7.43. The number of aromatic nitrogens is 2. The standard InChI is InChI=1S/C24H22FN3O4/c1-32-19-9-5-16(6-10-19)21-20(22(29)17-3-7-18(25)8-4-17)23(30)24(31)28(21)13-2-12-27-14-11-26-15-27/h3-11,14-15,21,29H,2,12-13H2,1H3/b22-20-. The number of aliphatic hydroxyl groups is 1. The number of carbonyl (C=O) groups is 2. The molecule has 1 N–H and O–H groups in total. The molecular formula is C24H22FN3O4. The van der Waals surface area contributed by atoms with Crippen molar-refractivity contribution in [2.45, 2.75) is 19.0 Å². The smallest absolute Gasteiger partial charge is 0.295 e. The predicted octanol–water partition coefficient (Wildman–Crippen LogP) is 3.54. The van der Waals surface area contributed by atoms with E-state index < -0.39 is 23.5 Å². The van der Waals surface area contributed by atoms with E-state index in [9.17, 15) is 19.1 Å². The van der Waals surface area contributed by atoms with Crippen molar-refractivity contribution in [1.82, 2.24) is 14.5 Å². The Bertz CT molecular complexity index is 1140. The molecule has 0 bridgehead atoms. The van der Waals surface area contributed by atoms with E-state index in [-0.39, 0.29) is 16.9 Å². The highest BCUT2D eigenvalue weighted by atomic mass is 19.1. The van der Waals surface area contributed by atoms with Crippen molar-refractivity contribution in [2.75, 3.05) is 13.7 Å². The fraction of sp³-hybridized carbons (Fsp3) is 0.208. The monoisotopic (exact) mass is 435 g/mol. The summed E-state index contributed by atoms with van der Waals surface area (Å²) < 4.78 is 20.4. The minimum absolute atomic E-state index is 0.0191. The zero-order valence-corrected chi connectivity index (χ0v) is 17.4. The highest BCUT2D eigenvalue weighted by Crippen LogP contribution is 2.39. The first-order valence-corrected chi connectivity index (χ1v) is 10.1. The number of likely N-dealkylation sites (tertiary alicyclic amines) is 1. The first-order valence-electron chi connectivity index (χ1n) is 10.1. The normalized spacial score (nSPS) is 17.7. The molecule has 1 fully saturated rings. The van der Waals surface area contributed by atoms with E-state index in [4.69, 9.17) is 4.74 Å². The largest absolute Gasteiger partial charge is 0.507 e. The Balaban J connectivity index is 1.72. The summed E-state index contributed by atoms with van der Waals surface area (Å²) in [5.74, 6) is -1.62. The number of ether oxygens (including phenoxy) is 1. The zero-order chi connectivity index (χ0) is 22.7. The molecule has 164 valence electrons. The molecule has 0 spiro atoms. The van der Waals surface area contributed by atoms with Crippen LogP contribution in [0.25, 0.3) is 5.76 Å². The summed E-state index contributed by atoms with van der Waals surface area (Å²) in [6.45, 7) is 0.927. The quantitative estimate of drug-likeness (QED) is 0.349. The number of aliphatic hydroxyl groups excluding tert-OH is 1. The lowest BCUT2D eigenvalue weighted by Gasteiger charge is -2.25. The Hall–Kier alpha value is -3.94. The fourth-order valence-corrected chi connectivity index (χ4v) is 3.85. The first-order chi connectivity index (χ1) is 15.5. The molecule has 1 saturated heterocycles. The summed E-state index contributed by atoms with van der Waals surface area (Å²) in [5, 5.41) is 10.9. The van der Waals surface area contributed by atoms with Crippen LogP contribution in [0.4, 0.5) is 4.39 Å². The van der Waals surface area contributed by atoms with E-state index in [2.05, 4.69) is 4.98 Å². The number of benzene rings is 2. The van der Waals surface area contributed by atoms with Crippen LogP contribution in [0.3, 0.4) is 0 Å². The molecule has 1 amide bonds. The molecular weight excluding hydrogens is 413 g/mol. The van der Waals surface area contributed by atoms with Gasteiger partial charge in [-0.05, 0) is 48.4 Å². The van der Waals surface area contributed by atoms with Gasteiger partial charge >= 0.3 is 0 Å². The topological polar surface area (TPSA) is 84.7 Å². The van der Waals surface area contributed by atoms with Crippen LogP contribution in [0.2, 0.25) is 0 Å². The maximum atomic E-state index is 13.4. The number of hydrogen-bond donors (Lipinski definition) is 1. The summed E-state index contributed by atoms with van der Waals surface area (Å²) in [7, 11) is 1.55. The van der Waals surface area contributed by atoms with Gasteiger partial charge in [-0.1, -0.05) is 12.1 Å². The van der Waals surface area contributed by atoms with Gasteiger partial charge in [0.25, 0.3) is 11.7 Å². The molecule has 3 aromatic rings. The molecule has 0 saturated carbocycles. The Morgan fingerprint density at radius 3 is 2.44 bits per heavy atom. The molecule has 32 heavy (non-hydrogen) atoms. The summed E-state index contributed by atoms with van der Waals surface area (Å²) in [6, 6.07) is 11.4. The van der Waals surface area contributed by atoms with Crippen molar-refractivity contribution in [1.29, 1.82) is 0 Å². The van der Waals surface area contributed by atoms with Gasteiger partial charge in [0.05, 0.1) is 25.1 Å². The number of hydrogen-bond acceptors (Lipinski definition) is 5. The van der Waals surface area contributed by atoms with E-state index in [1.807, 2.05) is 10.8 Å². The van der Waals surface area contributed by atoms with Gasteiger partial charge in [-0.2, -0.15) is 0 Å². The Morgan fingerprint density at radius 2 is 1.81 bits per heavy atom. The molecule has 1 aliphatic heterocycles. The lowest BCUT2D eigenvalue weighted by molar-refractivity contribution is -0.139. The Morgan fingerprint density at radius 1 is 1.09 bits per heavy atom. The van der Waals surface area contributed by atoms with Crippen LogP contribution in [0.1, 0.15) is 23.6 Å². The number of halogens is 1. The zero-order valence-electron chi connectivity index (χ0n) is 17.4. The molecule has 0 radical (unpaired) electrons. The van der Waals surface area contributed by atoms with Crippen LogP contribution in [0, 0.1) is 5.82 Å². The SMILES string of the molecule is COc1ccc(C2/C(=C(/O)c3ccc(F)cc3)C(=O)C(=O)N2CCCn2ccnc2)cc1. The third-order valence-corrected chi connectivity index (χ3v) is 5.46. The number of amides is 1. The van der Waals surface area contributed by atoms with Gasteiger partial charge in [0.1, 0.15) is 17.3 Å². The van der Waals surface area contributed by atoms with Gasteiger partial charge in [-0.15, -0.1) is 0 Å². The maximum Gasteiger partial charge on any atom is 0.295 e. The predicted molar refractivity (Wildman–Crippen MR) is 115 cm³/mol. The summed E-state index contributed by atoms with van der Waals surface area (Å²) >= 11 is 0. The van der Waals surface area contributed by atoms with Gasteiger partial charge in [0, 0.05) is 31.0 Å². The number of aryl methyl sites for hydroxylation is 1. The van der Waals surface area contributed by atoms with E-state index in [0.29, 0.717) is 30.8 Å². The first kappa shape index (κ1) is 21.3. The average molecular weight is 435 g/mol. The van der Waals surface area contributed by atoms with Crippen LogP contribution in [0.5, 0.6) is 5.75 Å². The Kier molecular flexibility index (Phi) is 6.02. The van der Waals surface area contributed by atoms with E-state index in [1.165, 1.54) is 29.2 Å². The van der Waals surface area contributed by atoms with Gasteiger partial charge in [-0.3, -0.25) is 9.59 Å². The Labute approximate surface area is 184 Å². The van der Waals surface area contributed by atoms with Crippen molar-refractivity contribution >= 4 is 17.4 Å². The maximum absolute atomic E-state index is 13.4. The van der Waals surface area contributed by atoms with E-state index in [0.717, 1.165) is 0 Å². The minimum Gasteiger partial charge on any atom is -0.507 e. The average Bonchev–Trinajstić information content (AvgIpc) is 3.41. The highest BCUT2D eigenvalue weighted by molar-refractivity contribution is 6.46. The van der Waals surface area contributed by atoms with Crippen LogP contribution in [0.15, 0.2) is 72.8 Å². The van der Waals surface area contributed by atoms with Crippen LogP contribution < -0.4 is 4.74 Å². The van der Waals surface area contributed by atoms with Crippen molar-refractivity contribution in [2.24, 2.45) is 0 Å².